The van der Waals surface area contributed by atoms with Gasteiger partial charge in [0.15, 0.2) is 0 Å². The molecule has 0 unspecified atom stereocenters. The van der Waals surface area contributed by atoms with Gasteiger partial charge in [-0.1, -0.05) is 41.6 Å². The maximum absolute atomic E-state index is 13.0. The van der Waals surface area contributed by atoms with Crippen molar-refractivity contribution in [2.45, 2.75) is 25.6 Å². The lowest BCUT2D eigenvalue weighted by atomic mass is 10.0. The smallest absolute Gasteiger partial charge is 0.359 e. The number of rotatable bonds is 10. The molecule has 0 bridgehead atoms. The Morgan fingerprint density at radius 1 is 0.864 bits per heavy atom. The Morgan fingerprint density at radius 3 is 2.05 bits per heavy atom. The second-order valence-corrected chi connectivity index (χ2v) is 11.9. The van der Waals surface area contributed by atoms with E-state index < -0.39 is 21.8 Å². The molecule has 2 N–H and O–H groups in total. The number of benzene rings is 3. The number of aromatic nitrogens is 5. The van der Waals surface area contributed by atoms with E-state index >= 15 is 0 Å². The van der Waals surface area contributed by atoms with E-state index in [1.54, 1.807) is 17.9 Å². The molecule has 1 amide bonds. The van der Waals surface area contributed by atoms with Gasteiger partial charge in [-0.05, 0) is 53.6 Å². The first-order valence-electron chi connectivity index (χ1n) is 13.4. The number of sulfonamides is 1. The van der Waals surface area contributed by atoms with Crippen LogP contribution in [0.15, 0.2) is 85.1 Å². The van der Waals surface area contributed by atoms with Crippen LogP contribution in [0.1, 0.15) is 23.4 Å². The molecular weight excluding hydrogens is 595 g/mol. The molecule has 0 radical (unpaired) electrons. The summed E-state index contributed by atoms with van der Waals surface area (Å²) in [6, 6.07) is 21.7. The van der Waals surface area contributed by atoms with E-state index in [1.165, 1.54) is 16.8 Å². The fourth-order valence-corrected chi connectivity index (χ4v) is 4.87. The second-order valence-electron chi connectivity index (χ2n) is 10.0. The topological polar surface area (TPSA) is 124 Å². The lowest BCUT2D eigenvalue weighted by molar-refractivity contribution is -0.137. The molecule has 10 nitrogen and oxygen atoms in total. The minimum atomic E-state index is -4.40. The van der Waals surface area contributed by atoms with Gasteiger partial charge in [0.25, 0.3) is 0 Å². The molecule has 14 heteroatoms. The van der Waals surface area contributed by atoms with E-state index in [-0.39, 0.29) is 18.9 Å². The number of aryl methyl sites for hydroxylation is 1. The summed E-state index contributed by atoms with van der Waals surface area (Å²) in [5.41, 5.74) is 4.89. The molecule has 0 aliphatic heterocycles. The first-order chi connectivity index (χ1) is 20.9. The highest BCUT2D eigenvalue weighted by atomic mass is 32.2. The summed E-state index contributed by atoms with van der Waals surface area (Å²) in [6.45, 7) is 0.0179. The zero-order chi connectivity index (χ0) is 31.5. The molecule has 5 rings (SSSR count). The summed E-state index contributed by atoms with van der Waals surface area (Å²) < 4.78 is 67.3. The third-order valence-electron chi connectivity index (χ3n) is 6.79. The Bertz CT molecular complexity index is 1860. The minimum absolute atomic E-state index is 0.0179. The Hall–Kier alpha value is -4.82. The highest BCUT2D eigenvalue weighted by Crippen LogP contribution is 2.32. The molecule has 3 aromatic carbocycles. The van der Waals surface area contributed by atoms with Crippen LogP contribution in [0.25, 0.3) is 33.8 Å². The quantitative estimate of drug-likeness (QED) is 0.236. The summed E-state index contributed by atoms with van der Waals surface area (Å²) in [5, 5.41) is 15.4. The Morgan fingerprint density at radius 2 is 1.45 bits per heavy atom. The van der Waals surface area contributed by atoms with Gasteiger partial charge in [-0.3, -0.25) is 4.79 Å². The number of hydrogen-bond donors (Lipinski definition) is 2. The van der Waals surface area contributed by atoms with Crippen LogP contribution in [0.4, 0.5) is 13.2 Å². The van der Waals surface area contributed by atoms with Crippen molar-refractivity contribution >= 4 is 15.9 Å². The molecule has 0 aliphatic rings. The Kier molecular flexibility index (Phi) is 8.65. The molecule has 0 saturated heterocycles. The summed E-state index contributed by atoms with van der Waals surface area (Å²) in [4.78, 5) is 11.9. The molecular formula is C30H28F3N7O3S. The molecule has 0 saturated carbocycles. The zero-order valence-electron chi connectivity index (χ0n) is 23.7. The maximum atomic E-state index is 13.0. The summed E-state index contributed by atoms with van der Waals surface area (Å²) in [6.07, 6.45) is -1.02. The molecule has 0 spiro atoms. The fraction of sp³-hybridized carbons (Fsp3) is 0.200. The largest absolute Gasteiger partial charge is 0.416 e. The Labute approximate surface area is 251 Å². The number of hydrogen-bond acceptors (Lipinski definition) is 6. The monoisotopic (exact) mass is 623 g/mol. The van der Waals surface area contributed by atoms with E-state index in [0.717, 1.165) is 40.9 Å². The average Bonchev–Trinajstić information content (AvgIpc) is 3.66. The van der Waals surface area contributed by atoms with Crippen molar-refractivity contribution in [3.8, 4) is 33.8 Å². The van der Waals surface area contributed by atoms with Crippen LogP contribution >= 0.6 is 0 Å². The molecule has 5 aromatic rings. The SMILES string of the molecule is CNC(=O)CCc1cc(-c2ccc(-c3ccc(C(F)(F)F)cc3)cc2)n(-c2ccc(-n3cc(CNS(C)(=O)=O)nn3)cc2)n1. The van der Waals surface area contributed by atoms with Crippen molar-refractivity contribution < 1.29 is 26.4 Å². The number of nitrogens with one attached hydrogen (secondary N) is 2. The number of halogens is 3. The minimum Gasteiger partial charge on any atom is -0.359 e. The van der Waals surface area contributed by atoms with Crippen molar-refractivity contribution in [2.75, 3.05) is 13.3 Å². The number of nitrogens with zero attached hydrogens (tertiary/aromatic N) is 5. The molecule has 0 aliphatic carbocycles. The van der Waals surface area contributed by atoms with Crippen molar-refractivity contribution in [1.82, 2.24) is 34.8 Å². The van der Waals surface area contributed by atoms with Gasteiger partial charge in [-0.2, -0.15) is 18.3 Å². The van der Waals surface area contributed by atoms with Crippen LogP contribution in [-0.4, -0.2) is 52.4 Å². The molecule has 0 fully saturated rings. The van der Waals surface area contributed by atoms with Gasteiger partial charge in [-0.25, -0.2) is 22.5 Å². The lowest BCUT2D eigenvalue weighted by Gasteiger charge is -2.10. The summed E-state index contributed by atoms with van der Waals surface area (Å²) >= 11 is 0. The second kappa shape index (κ2) is 12.4. The average molecular weight is 624 g/mol. The standard InChI is InChI=1S/C30H28F3N7O3S/c1-34-29(41)16-11-24-17-28(22-5-3-20(4-6-22)21-7-9-23(10-8-21)30(31,32)33)40(37-24)27-14-12-26(13-15-27)39-19-25(36-38-39)18-35-44(2,42)43/h3-10,12-15,17,19,35H,11,16,18H2,1-2H3,(H,34,41). The van der Waals surface area contributed by atoms with Gasteiger partial charge in [0.1, 0.15) is 0 Å². The van der Waals surface area contributed by atoms with E-state index in [2.05, 4.69) is 20.4 Å². The van der Waals surface area contributed by atoms with Crippen LogP contribution in [0.2, 0.25) is 0 Å². The summed E-state index contributed by atoms with van der Waals surface area (Å²) in [5.74, 6) is -0.106. The molecule has 44 heavy (non-hydrogen) atoms. The number of carbonyl (C=O) groups excluding carboxylic acids is 1. The molecule has 2 aromatic heterocycles. The highest BCUT2D eigenvalue weighted by Gasteiger charge is 2.30. The van der Waals surface area contributed by atoms with E-state index in [4.69, 9.17) is 5.10 Å². The van der Waals surface area contributed by atoms with Crippen LogP contribution in [0.3, 0.4) is 0 Å². The van der Waals surface area contributed by atoms with E-state index in [0.29, 0.717) is 29.1 Å². The number of amides is 1. The van der Waals surface area contributed by atoms with Gasteiger partial charge in [0.2, 0.25) is 15.9 Å². The first kappa shape index (κ1) is 30.6. The predicted molar refractivity (Wildman–Crippen MR) is 158 cm³/mol. The molecule has 0 atom stereocenters. The van der Waals surface area contributed by atoms with Gasteiger partial charge in [0, 0.05) is 25.5 Å². The third kappa shape index (κ3) is 7.38. The van der Waals surface area contributed by atoms with Crippen molar-refractivity contribution in [2.24, 2.45) is 0 Å². The van der Waals surface area contributed by atoms with E-state index in [9.17, 15) is 26.4 Å². The van der Waals surface area contributed by atoms with E-state index in [1.807, 2.05) is 54.6 Å². The van der Waals surface area contributed by atoms with Crippen LogP contribution in [0, 0.1) is 0 Å². The lowest BCUT2D eigenvalue weighted by Crippen LogP contribution is -2.21. The molecule has 2 heterocycles. The zero-order valence-corrected chi connectivity index (χ0v) is 24.5. The van der Waals surface area contributed by atoms with Gasteiger partial charge in [0.05, 0.1) is 53.0 Å². The van der Waals surface area contributed by atoms with Crippen LogP contribution in [0.5, 0.6) is 0 Å². The fourth-order valence-electron chi connectivity index (χ4n) is 4.46. The third-order valence-corrected chi connectivity index (χ3v) is 7.46. The summed E-state index contributed by atoms with van der Waals surface area (Å²) in [7, 11) is -1.79. The van der Waals surface area contributed by atoms with Crippen LogP contribution < -0.4 is 10.0 Å². The van der Waals surface area contributed by atoms with Crippen molar-refractivity contribution in [3.63, 3.8) is 0 Å². The highest BCUT2D eigenvalue weighted by molar-refractivity contribution is 7.88. The van der Waals surface area contributed by atoms with Crippen molar-refractivity contribution in [1.29, 1.82) is 0 Å². The first-order valence-corrected chi connectivity index (χ1v) is 15.3. The maximum Gasteiger partial charge on any atom is 0.416 e. The Balaban J connectivity index is 1.42. The normalized spacial score (nSPS) is 11.9. The van der Waals surface area contributed by atoms with Crippen molar-refractivity contribution in [3.05, 3.63) is 102 Å². The van der Waals surface area contributed by atoms with Gasteiger partial charge < -0.3 is 5.32 Å². The number of carbonyl (C=O) groups is 1. The van der Waals surface area contributed by atoms with Crippen LogP contribution in [-0.2, 0) is 34.0 Å². The van der Waals surface area contributed by atoms with Gasteiger partial charge >= 0.3 is 6.18 Å². The van der Waals surface area contributed by atoms with Gasteiger partial charge in [-0.15, -0.1) is 5.10 Å². The predicted octanol–water partition coefficient (Wildman–Crippen LogP) is 4.53. The number of alkyl halides is 3. The molecule has 228 valence electrons.